The third kappa shape index (κ3) is 3.44. The number of pyridine rings is 1. The molecule has 2 heterocycles. The quantitative estimate of drug-likeness (QED) is 0.535. The summed E-state index contributed by atoms with van der Waals surface area (Å²) in [4.78, 5) is 13.6. The van der Waals surface area contributed by atoms with Crippen LogP contribution < -0.4 is 11.3 Å². The minimum atomic E-state index is -2.44. The molecule has 0 bridgehead atoms. The van der Waals surface area contributed by atoms with Gasteiger partial charge in [-0.05, 0) is 36.6 Å². The number of nitrogens with zero attached hydrogens (tertiary/aromatic N) is 3. The lowest BCUT2D eigenvalue weighted by molar-refractivity contribution is 0.626. The first-order valence-electron chi connectivity index (χ1n) is 10.4. The number of halogens is 1. The first-order valence-corrected chi connectivity index (χ1v) is 8.93. The summed E-state index contributed by atoms with van der Waals surface area (Å²) in [5, 5.41) is 4.40. The van der Waals surface area contributed by atoms with Crippen molar-refractivity contribution < 1.29 is 8.50 Å². The molecule has 0 fully saturated rings. The molecule has 29 heavy (non-hydrogen) atoms. The van der Waals surface area contributed by atoms with Crippen molar-refractivity contribution in [2.24, 2.45) is 12.7 Å². The van der Waals surface area contributed by atoms with Gasteiger partial charge in [-0.25, -0.2) is 4.39 Å². The number of para-hydroxylation sites is 1. The molecule has 6 heteroatoms. The van der Waals surface area contributed by atoms with Crippen LogP contribution in [0.5, 0.6) is 0 Å². The van der Waals surface area contributed by atoms with E-state index < -0.39 is 24.4 Å². The van der Waals surface area contributed by atoms with Crippen LogP contribution in [-0.2, 0) is 6.98 Å². The third-order valence-electron chi connectivity index (χ3n) is 4.56. The van der Waals surface area contributed by atoms with Gasteiger partial charge in [-0.15, -0.1) is 0 Å². The van der Waals surface area contributed by atoms with Crippen molar-refractivity contribution in [3.8, 4) is 17.5 Å². The van der Waals surface area contributed by atoms with Crippen molar-refractivity contribution >= 4 is 10.8 Å². The Labute approximate surface area is 171 Å². The van der Waals surface area contributed by atoms with Crippen LogP contribution in [0.4, 0.5) is 4.39 Å². The Hall–Kier alpha value is -3.69. The predicted octanol–water partition coefficient (Wildman–Crippen LogP) is 3.28. The van der Waals surface area contributed by atoms with Gasteiger partial charge in [0.2, 0.25) is 0 Å². The van der Waals surface area contributed by atoms with E-state index >= 15 is 0 Å². The van der Waals surface area contributed by atoms with Gasteiger partial charge in [-0.2, -0.15) is 5.10 Å². The largest absolute Gasteiger partial charge is 0.323 e. The molecule has 4 aromatic rings. The van der Waals surface area contributed by atoms with Crippen LogP contribution in [0, 0.1) is 17.7 Å². The first kappa shape index (κ1) is 15.3. The molecule has 5 nitrogen and oxygen atoms in total. The van der Waals surface area contributed by atoms with E-state index in [1.807, 2.05) is 6.07 Å². The molecule has 2 aromatic carbocycles. The number of hydrogen-bond donors (Lipinski definition) is 1. The van der Waals surface area contributed by atoms with Crippen molar-refractivity contribution in [3.63, 3.8) is 0 Å². The van der Waals surface area contributed by atoms with E-state index in [0.717, 1.165) is 4.68 Å². The molecule has 0 saturated carbocycles. The number of rotatable bonds is 2. The summed E-state index contributed by atoms with van der Waals surface area (Å²) < 4.78 is 39.2. The van der Waals surface area contributed by atoms with Gasteiger partial charge in [0.15, 0.2) is 0 Å². The smallest absolute Gasteiger partial charge is 0.264 e. The van der Waals surface area contributed by atoms with E-state index in [-0.39, 0.29) is 16.5 Å². The topological polar surface area (TPSA) is 65.8 Å². The Morgan fingerprint density at radius 1 is 1.21 bits per heavy atom. The predicted molar refractivity (Wildman–Crippen MR) is 111 cm³/mol. The van der Waals surface area contributed by atoms with Gasteiger partial charge >= 0.3 is 0 Å². The fourth-order valence-corrected chi connectivity index (χ4v) is 3.22. The van der Waals surface area contributed by atoms with Crippen LogP contribution in [0.3, 0.4) is 0 Å². The molecular weight excluding hydrogens is 367 g/mol. The molecule has 0 saturated heterocycles. The zero-order valence-corrected chi connectivity index (χ0v) is 15.6. The van der Waals surface area contributed by atoms with Crippen molar-refractivity contribution in [2.45, 2.75) is 13.0 Å². The summed E-state index contributed by atoms with van der Waals surface area (Å²) in [6.45, 7) is -0.670. The molecule has 2 N–H and O–H groups in total. The highest BCUT2D eigenvalue weighted by atomic mass is 19.1. The highest BCUT2D eigenvalue weighted by molar-refractivity contribution is 5.88. The summed E-state index contributed by atoms with van der Waals surface area (Å²) >= 11 is 0. The summed E-state index contributed by atoms with van der Waals surface area (Å²) in [5.41, 5.74) is 7.09. The summed E-state index contributed by atoms with van der Waals surface area (Å²) in [7, 11) is 0. The molecule has 144 valence electrons. The zero-order valence-electron chi connectivity index (χ0n) is 18.6. The molecule has 0 unspecified atom stereocenters. The minimum Gasteiger partial charge on any atom is -0.323 e. The van der Waals surface area contributed by atoms with E-state index in [1.165, 1.54) is 29.1 Å². The van der Waals surface area contributed by atoms with Crippen LogP contribution in [0.25, 0.3) is 16.5 Å². The van der Waals surface area contributed by atoms with Gasteiger partial charge < -0.3 is 5.73 Å². The van der Waals surface area contributed by atoms with Crippen LogP contribution in [-0.4, -0.2) is 14.3 Å². The maximum Gasteiger partial charge on any atom is 0.264 e. The molecule has 4 rings (SSSR count). The lowest BCUT2D eigenvalue weighted by Gasteiger charge is -2.17. The van der Waals surface area contributed by atoms with Crippen LogP contribution in [0.15, 0.2) is 65.7 Å². The second-order valence-corrected chi connectivity index (χ2v) is 6.64. The zero-order chi connectivity index (χ0) is 23.0. The van der Waals surface area contributed by atoms with Gasteiger partial charge in [0.1, 0.15) is 5.82 Å². The lowest BCUT2D eigenvalue weighted by Crippen LogP contribution is -2.26. The fourth-order valence-electron chi connectivity index (χ4n) is 3.22. The SMILES string of the molecule is [2H]C([2H])([2H])n1cc(C#Cc2c(F)ccc3cc([C@H](C)N)n(-c4ccccc4)c(=O)c23)cn1. The number of hydrogen-bond acceptors (Lipinski definition) is 3. The summed E-state index contributed by atoms with van der Waals surface area (Å²) in [6.07, 6.45) is 2.53. The van der Waals surface area contributed by atoms with Crippen molar-refractivity contribution in [1.29, 1.82) is 0 Å². The van der Waals surface area contributed by atoms with Crippen molar-refractivity contribution in [3.05, 3.63) is 93.9 Å². The molecular formula is C23H19FN4O. The van der Waals surface area contributed by atoms with Crippen molar-refractivity contribution in [1.82, 2.24) is 14.3 Å². The molecule has 0 radical (unpaired) electrons. The first-order chi connectivity index (χ1) is 15.2. The standard InChI is InChI=1S/C23H19FN4O/c1-15(25)21-12-17-9-11-20(24)19(10-8-16-13-26-27(2)14-16)22(17)23(29)28(21)18-6-4-3-5-7-18/h3-7,9,11-15H,25H2,1-2H3/t15-/m0/s1/i2D3. The average Bonchev–Trinajstić information content (AvgIpc) is 3.23. The van der Waals surface area contributed by atoms with E-state index in [1.54, 1.807) is 37.3 Å². The Morgan fingerprint density at radius 3 is 2.69 bits per heavy atom. The summed E-state index contributed by atoms with van der Waals surface area (Å²) in [6, 6.07) is 13.0. The van der Waals surface area contributed by atoms with Gasteiger partial charge in [0.25, 0.3) is 5.56 Å². The van der Waals surface area contributed by atoms with E-state index in [2.05, 4.69) is 16.9 Å². The van der Waals surface area contributed by atoms with Gasteiger partial charge in [-0.3, -0.25) is 14.0 Å². The number of aromatic nitrogens is 3. The Morgan fingerprint density at radius 2 is 2.00 bits per heavy atom. The maximum absolute atomic E-state index is 14.8. The van der Waals surface area contributed by atoms with Crippen LogP contribution >= 0.6 is 0 Å². The maximum atomic E-state index is 14.8. The third-order valence-corrected chi connectivity index (χ3v) is 4.56. The molecule has 0 aliphatic rings. The van der Waals surface area contributed by atoms with E-state index in [4.69, 9.17) is 9.85 Å². The van der Waals surface area contributed by atoms with Gasteiger partial charge in [0, 0.05) is 34.7 Å². The van der Waals surface area contributed by atoms with Gasteiger partial charge in [-0.1, -0.05) is 36.1 Å². The monoisotopic (exact) mass is 389 g/mol. The molecule has 0 amide bonds. The second kappa shape index (κ2) is 7.38. The Bertz CT molecular complexity index is 1430. The van der Waals surface area contributed by atoms with Crippen LogP contribution in [0.1, 0.15) is 33.9 Å². The van der Waals surface area contributed by atoms with E-state index in [9.17, 15) is 9.18 Å². The summed E-state index contributed by atoms with van der Waals surface area (Å²) in [5.74, 6) is 4.76. The lowest BCUT2D eigenvalue weighted by atomic mass is 10.0. The number of aryl methyl sites for hydroxylation is 1. The fraction of sp³-hybridized carbons (Fsp3) is 0.130. The van der Waals surface area contributed by atoms with Gasteiger partial charge in [0.05, 0.1) is 22.7 Å². The second-order valence-electron chi connectivity index (χ2n) is 6.64. The highest BCUT2D eigenvalue weighted by Crippen LogP contribution is 2.23. The molecule has 0 aliphatic carbocycles. The minimum absolute atomic E-state index is 0.0740. The highest BCUT2D eigenvalue weighted by Gasteiger charge is 2.17. The van der Waals surface area contributed by atoms with Crippen LogP contribution in [0.2, 0.25) is 0 Å². The van der Waals surface area contributed by atoms with E-state index in [0.29, 0.717) is 16.8 Å². The molecule has 2 aromatic heterocycles. The Kier molecular flexibility index (Phi) is 3.88. The molecule has 0 aliphatic heterocycles. The number of fused-ring (bicyclic) bond motifs is 1. The van der Waals surface area contributed by atoms with Crippen molar-refractivity contribution in [2.75, 3.05) is 0 Å². The Balaban J connectivity index is 1.96. The normalized spacial score (nSPS) is 13.8. The molecule has 0 spiro atoms. The molecule has 1 atom stereocenters. The number of benzene rings is 2. The number of nitrogens with two attached hydrogens (primary N) is 1. The average molecular weight is 389 g/mol.